The predicted octanol–water partition coefficient (Wildman–Crippen LogP) is 2.74. The Morgan fingerprint density at radius 1 is 1.14 bits per heavy atom. The smallest absolute Gasteiger partial charge is 0.335 e. The van der Waals surface area contributed by atoms with Crippen LogP contribution in [0.25, 0.3) is 5.69 Å². The van der Waals surface area contributed by atoms with Gasteiger partial charge in [0.25, 0.3) is 5.56 Å². The first-order chi connectivity index (χ1) is 13.9. The third-order valence-corrected chi connectivity index (χ3v) is 4.57. The SMILES string of the molecule is CCCCCCC(=O)NN=C(CC)c1c(O)n(-c2ccc(C)cc2)c(=O)[nH]c1=O. The minimum Gasteiger partial charge on any atom is -0.493 e. The molecule has 1 amide bonds. The molecule has 0 aliphatic carbocycles. The van der Waals surface area contributed by atoms with Gasteiger partial charge < -0.3 is 5.11 Å². The first-order valence-corrected chi connectivity index (χ1v) is 9.90. The Morgan fingerprint density at radius 2 is 1.83 bits per heavy atom. The van der Waals surface area contributed by atoms with Crippen LogP contribution in [0, 0.1) is 6.92 Å². The number of amides is 1. The first-order valence-electron chi connectivity index (χ1n) is 9.90. The van der Waals surface area contributed by atoms with Crippen molar-refractivity contribution >= 4 is 11.6 Å². The van der Waals surface area contributed by atoms with E-state index in [9.17, 15) is 19.5 Å². The fourth-order valence-corrected chi connectivity index (χ4v) is 2.93. The number of hydrazone groups is 1. The van der Waals surface area contributed by atoms with Crippen molar-refractivity contribution < 1.29 is 9.90 Å². The number of hydrogen-bond donors (Lipinski definition) is 3. The molecular weight excluding hydrogens is 372 g/mol. The van der Waals surface area contributed by atoms with Gasteiger partial charge in [-0.15, -0.1) is 0 Å². The van der Waals surface area contributed by atoms with Gasteiger partial charge in [0.2, 0.25) is 11.8 Å². The zero-order valence-corrected chi connectivity index (χ0v) is 17.1. The van der Waals surface area contributed by atoms with E-state index in [1.807, 2.05) is 6.92 Å². The first kappa shape index (κ1) is 22.1. The standard InChI is InChI=1S/C21H28N4O4/c1-4-6-7-8-9-17(26)24-23-16(5-2)18-19(27)22-21(29)25(20(18)28)15-12-10-14(3)11-13-15/h10-13,28H,4-9H2,1-3H3,(H,24,26)(H,22,27,29). The van der Waals surface area contributed by atoms with E-state index >= 15 is 0 Å². The van der Waals surface area contributed by atoms with Crippen LogP contribution in [0.1, 0.15) is 63.5 Å². The third kappa shape index (κ3) is 5.66. The molecule has 8 nitrogen and oxygen atoms in total. The van der Waals surface area contributed by atoms with Crippen molar-refractivity contribution in [2.45, 2.75) is 59.3 Å². The maximum absolute atomic E-state index is 12.4. The molecule has 0 saturated carbocycles. The van der Waals surface area contributed by atoms with Gasteiger partial charge in [-0.2, -0.15) is 5.10 Å². The molecule has 0 unspecified atom stereocenters. The topological polar surface area (TPSA) is 117 Å². The molecule has 2 aromatic rings. The van der Waals surface area contributed by atoms with Crippen LogP contribution in [0.2, 0.25) is 0 Å². The number of rotatable bonds is 9. The maximum Gasteiger partial charge on any atom is 0.335 e. The van der Waals surface area contributed by atoms with Gasteiger partial charge in [-0.3, -0.25) is 14.6 Å². The number of aromatic amines is 1. The number of benzene rings is 1. The number of nitrogens with one attached hydrogen (secondary N) is 2. The van der Waals surface area contributed by atoms with E-state index in [0.717, 1.165) is 35.8 Å². The minimum absolute atomic E-state index is 0.140. The summed E-state index contributed by atoms with van der Waals surface area (Å²) in [5.41, 5.74) is 2.38. The molecule has 1 heterocycles. The van der Waals surface area contributed by atoms with Crippen LogP contribution in [0.3, 0.4) is 0 Å². The van der Waals surface area contributed by atoms with Gasteiger partial charge in [0, 0.05) is 6.42 Å². The molecule has 0 bridgehead atoms. The fraction of sp³-hybridized carbons (Fsp3) is 0.429. The van der Waals surface area contributed by atoms with Gasteiger partial charge in [0.05, 0.1) is 11.4 Å². The number of unbranched alkanes of at least 4 members (excludes halogenated alkanes) is 3. The Labute approximate surface area is 169 Å². The second-order valence-corrected chi connectivity index (χ2v) is 6.89. The summed E-state index contributed by atoms with van der Waals surface area (Å²) in [6.07, 6.45) is 4.50. The van der Waals surface area contributed by atoms with Gasteiger partial charge in [-0.25, -0.2) is 14.8 Å². The largest absolute Gasteiger partial charge is 0.493 e. The Balaban J connectivity index is 2.35. The number of carbonyl (C=O) groups excluding carboxylic acids is 1. The molecule has 8 heteroatoms. The molecule has 0 fully saturated rings. The summed E-state index contributed by atoms with van der Waals surface area (Å²) >= 11 is 0. The number of aryl methyl sites for hydroxylation is 1. The van der Waals surface area contributed by atoms with E-state index in [4.69, 9.17) is 0 Å². The Bertz CT molecular complexity index is 987. The average molecular weight is 400 g/mol. The predicted molar refractivity (Wildman–Crippen MR) is 113 cm³/mol. The highest BCUT2D eigenvalue weighted by molar-refractivity contribution is 6.02. The Morgan fingerprint density at radius 3 is 2.45 bits per heavy atom. The summed E-state index contributed by atoms with van der Waals surface area (Å²) in [6, 6.07) is 6.91. The van der Waals surface area contributed by atoms with Crippen LogP contribution in [0.15, 0.2) is 39.0 Å². The van der Waals surface area contributed by atoms with Crippen LogP contribution < -0.4 is 16.7 Å². The number of hydrogen-bond acceptors (Lipinski definition) is 5. The summed E-state index contributed by atoms with van der Waals surface area (Å²) in [7, 11) is 0. The van der Waals surface area contributed by atoms with E-state index in [-0.39, 0.29) is 23.6 Å². The Hall–Kier alpha value is -3.16. The fourth-order valence-electron chi connectivity index (χ4n) is 2.93. The molecule has 0 radical (unpaired) electrons. The molecule has 3 N–H and O–H groups in total. The lowest BCUT2D eigenvalue weighted by Crippen LogP contribution is -2.33. The van der Waals surface area contributed by atoms with Crippen molar-refractivity contribution in [3.8, 4) is 11.6 Å². The zero-order chi connectivity index (χ0) is 21.4. The summed E-state index contributed by atoms with van der Waals surface area (Å²) in [5.74, 6) is -0.768. The van der Waals surface area contributed by atoms with Crippen LogP contribution in [-0.4, -0.2) is 26.3 Å². The van der Waals surface area contributed by atoms with Gasteiger partial charge in [0.15, 0.2) is 0 Å². The van der Waals surface area contributed by atoms with Crippen LogP contribution >= 0.6 is 0 Å². The Kier molecular flexibility index (Phi) is 7.94. The average Bonchev–Trinajstić information content (AvgIpc) is 2.69. The lowest BCUT2D eigenvalue weighted by molar-refractivity contribution is -0.121. The zero-order valence-electron chi connectivity index (χ0n) is 17.1. The van der Waals surface area contributed by atoms with E-state index in [1.54, 1.807) is 31.2 Å². The molecule has 0 aliphatic heterocycles. The maximum atomic E-state index is 12.4. The molecule has 2 rings (SSSR count). The lowest BCUT2D eigenvalue weighted by Gasteiger charge is -2.12. The van der Waals surface area contributed by atoms with Crippen LogP contribution in [0.5, 0.6) is 5.88 Å². The molecule has 0 atom stereocenters. The molecule has 1 aromatic heterocycles. The molecular formula is C21H28N4O4. The van der Waals surface area contributed by atoms with Gasteiger partial charge >= 0.3 is 5.69 Å². The van der Waals surface area contributed by atoms with Crippen molar-refractivity contribution in [2.75, 3.05) is 0 Å². The molecule has 29 heavy (non-hydrogen) atoms. The monoisotopic (exact) mass is 400 g/mol. The number of aromatic nitrogens is 2. The number of H-pyrrole nitrogens is 1. The van der Waals surface area contributed by atoms with Gasteiger partial charge in [0.1, 0.15) is 5.56 Å². The minimum atomic E-state index is -0.756. The number of aromatic hydroxyl groups is 1. The molecule has 0 saturated heterocycles. The highest BCUT2D eigenvalue weighted by atomic mass is 16.3. The lowest BCUT2D eigenvalue weighted by atomic mass is 10.1. The highest BCUT2D eigenvalue weighted by Crippen LogP contribution is 2.18. The van der Waals surface area contributed by atoms with Crippen LogP contribution in [-0.2, 0) is 4.79 Å². The van der Waals surface area contributed by atoms with E-state index in [0.29, 0.717) is 12.1 Å². The van der Waals surface area contributed by atoms with E-state index in [1.165, 1.54) is 0 Å². The molecule has 0 spiro atoms. The highest BCUT2D eigenvalue weighted by Gasteiger charge is 2.19. The van der Waals surface area contributed by atoms with Crippen molar-refractivity contribution in [1.82, 2.24) is 15.0 Å². The number of nitrogens with zero attached hydrogens (tertiary/aromatic N) is 2. The quantitative estimate of drug-likeness (QED) is 0.341. The summed E-state index contributed by atoms with van der Waals surface area (Å²) in [6.45, 7) is 5.74. The van der Waals surface area contributed by atoms with Crippen molar-refractivity contribution in [2.24, 2.45) is 5.10 Å². The van der Waals surface area contributed by atoms with E-state index in [2.05, 4.69) is 22.4 Å². The molecule has 1 aromatic carbocycles. The normalized spacial score (nSPS) is 11.5. The number of carbonyl (C=O) groups is 1. The molecule has 156 valence electrons. The van der Waals surface area contributed by atoms with Gasteiger partial charge in [-0.1, -0.05) is 50.8 Å². The summed E-state index contributed by atoms with van der Waals surface area (Å²) in [5, 5.41) is 14.7. The second-order valence-electron chi connectivity index (χ2n) is 6.89. The van der Waals surface area contributed by atoms with Crippen molar-refractivity contribution in [3.63, 3.8) is 0 Å². The second kappa shape index (κ2) is 10.4. The van der Waals surface area contributed by atoms with Crippen LogP contribution in [0.4, 0.5) is 0 Å². The third-order valence-electron chi connectivity index (χ3n) is 4.57. The van der Waals surface area contributed by atoms with E-state index < -0.39 is 17.1 Å². The molecule has 0 aliphatic rings. The summed E-state index contributed by atoms with van der Waals surface area (Å²) < 4.78 is 1.01. The van der Waals surface area contributed by atoms with Gasteiger partial charge in [-0.05, 0) is 31.9 Å². The van der Waals surface area contributed by atoms with Crippen molar-refractivity contribution in [1.29, 1.82) is 0 Å². The summed E-state index contributed by atoms with van der Waals surface area (Å²) in [4.78, 5) is 38.8. The van der Waals surface area contributed by atoms with Crippen molar-refractivity contribution in [3.05, 3.63) is 56.2 Å².